The number of aliphatic hydroxyl groups is 8. The van der Waals surface area contributed by atoms with Crippen LogP contribution in [0.1, 0.15) is 386 Å². The molecule has 6 fully saturated rings. The van der Waals surface area contributed by atoms with Crippen LogP contribution in [0.4, 0.5) is 0 Å². The summed E-state index contributed by atoms with van der Waals surface area (Å²) >= 11 is 0. The highest BCUT2D eigenvalue weighted by Crippen LogP contribution is 2.36. The molecule has 0 amide bonds. The van der Waals surface area contributed by atoms with Gasteiger partial charge in [-0.1, -0.05) is 275 Å². The van der Waals surface area contributed by atoms with E-state index < -0.39 is 45.8 Å². The standard InChI is InChI=1S/C18H28O3.C18H26O3.C18H28O2.C17H26O3.C17H24O3.C17H26O2/c2*1-2-8-17(19)15-9-7-10-16(13-15)21-14-18(20)11-5-3-4-6-12-18;1-2-3-9-16-10-8-11-17(14-16)20-15-18(19)12-6-4-5-7-13-18;2*1-2-7-16(18)14-8-6-9-15(12-14)20-13-17(19)10-4-3-5-11-17;1-2-3-8-15-9-7-10-16(13-15)19-14-17(18)11-5-4-6-12-17/h7,9-10,13,17,19-20H,2-6,8,11-12,14H2,1H3;7,9-10,13,20H,2-6,8,11-12,14H2,1H3;8,10-11,14,19H,2-7,9,12-13,15H2,1H3;6,8-9,12,16,18-19H,2-5,7,10-11,13H2,1H3;6,8-9,12,19H,2-5,7,10-11,13H2,1H3;7,9-10,13,18H,2-6,8,11-12,14H2,1H3. The first kappa shape index (κ1) is 101. The molecule has 121 heavy (non-hydrogen) atoms. The first-order chi connectivity index (χ1) is 58.4. The Bertz CT molecular complexity index is 3770. The van der Waals surface area contributed by atoms with Gasteiger partial charge in [0.1, 0.15) is 74.1 Å². The Labute approximate surface area is 728 Å². The Hall–Kier alpha value is -6.86. The lowest BCUT2D eigenvalue weighted by Crippen LogP contribution is -2.37. The van der Waals surface area contributed by atoms with Gasteiger partial charge in [-0.25, -0.2) is 0 Å². The van der Waals surface area contributed by atoms with Crippen molar-refractivity contribution in [1.29, 1.82) is 0 Å². The van der Waals surface area contributed by atoms with Crippen LogP contribution in [-0.4, -0.2) is 126 Å². The highest BCUT2D eigenvalue weighted by molar-refractivity contribution is 5.96. The summed E-state index contributed by atoms with van der Waals surface area (Å²) in [4.78, 5) is 23.8. The van der Waals surface area contributed by atoms with E-state index in [0.29, 0.717) is 75.1 Å². The third kappa shape index (κ3) is 39.5. The molecule has 0 radical (unpaired) electrons. The highest BCUT2D eigenvalue weighted by atomic mass is 16.5. The molecule has 0 aliphatic heterocycles. The first-order valence-electron chi connectivity index (χ1n) is 47.6. The van der Waals surface area contributed by atoms with Crippen molar-refractivity contribution in [1.82, 2.24) is 0 Å². The molecule has 674 valence electrons. The summed E-state index contributed by atoms with van der Waals surface area (Å²) in [5.74, 6) is 4.91. The summed E-state index contributed by atoms with van der Waals surface area (Å²) in [6.45, 7) is 14.7. The molecule has 0 saturated heterocycles. The normalized spacial score (nSPS) is 18.6. The Balaban J connectivity index is 0.000000200. The van der Waals surface area contributed by atoms with Crippen LogP contribution in [0, 0.1) is 0 Å². The number of carbonyl (C=O) groups is 2. The minimum atomic E-state index is -0.708. The fourth-order valence-corrected chi connectivity index (χ4v) is 17.1. The second-order valence-corrected chi connectivity index (χ2v) is 36.2. The zero-order chi connectivity index (χ0) is 86.9. The Kier molecular flexibility index (Phi) is 46.4. The van der Waals surface area contributed by atoms with Crippen LogP contribution in [0.15, 0.2) is 146 Å². The lowest BCUT2D eigenvalue weighted by atomic mass is 9.85. The van der Waals surface area contributed by atoms with Crippen molar-refractivity contribution in [3.8, 4) is 34.5 Å². The molecule has 6 aliphatic rings. The van der Waals surface area contributed by atoms with Gasteiger partial charge in [-0.15, -0.1) is 0 Å². The number of hydrogen-bond acceptors (Lipinski definition) is 16. The quantitative estimate of drug-likeness (QED) is 0.0134. The Morgan fingerprint density at radius 2 is 0.504 bits per heavy atom. The van der Waals surface area contributed by atoms with Gasteiger partial charge in [-0.05, 0) is 223 Å². The summed E-state index contributed by atoms with van der Waals surface area (Å²) in [5, 5.41) is 83.1. The van der Waals surface area contributed by atoms with Gasteiger partial charge >= 0.3 is 0 Å². The molecule has 6 aliphatic carbocycles. The summed E-state index contributed by atoms with van der Waals surface area (Å²) in [6.07, 6.45) is 46.5. The lowest BCUT2D eigenvalue weighted by molar-refractivity contribution is -0.0341. The van der Waals surface area contributed by atoms with E-state index in [4.69, 9.17) is 28.4 Å². The number of benzene rings is 6. The van der Waals surface area contributed by atoms with E-state index in [2.05, 4.69) is 58.0 Å². The summed E-state index contributed by atoms with van der Waals surface area (Å²) in [7, 11) is 0. The van der Waals surface area contributed by atoms with Gasteiger partial charge in [-0.3, -0.25) is 9.59 Å². The number of unbranched alkanes of at least 4 members (excludes halogenated alkanes) is 2. The molecule has 6 aromatic rings. The van der Waals surface area contributed by atoms with Crippen LogP contribution in [0.5, 0.6) is 34.5 Å². The molecular formula is C105H158O16. The predicted molar refractivity (Wildman–Crippen MR) is 489 cm³/mol. The van der Waals surface area contributed by atoms with Crippen molar-refractivity contribution in [2.45, 2.75) is 389 Å². The molecule has 12 rings (SSSR count). The fourth-order valence-electron chi connectivity index (χ4n) is 17.1. The van der Waals surface area contributed by atoms with E-state index in [1.54, 1.807) is 12.1 Å². The van der Waals surface area contributed by atoms with Gasteiger partial charge in [0.05, 0.1) is 45.8 Å². The van der Waals surface area contributed by atoms with Crippen LogP contribution in [-0.2, 0) is 12.8 Å². The van der Waals surface area contributed by atoms with Crippen molar-refractivity contribution in [3.63, 3.8) is 0 Å². The zero-order valence-corrected chi connectivity index (χ0v) is 75.3. The molecule has 0 aromatic heterocycles. The molecule has 2 atom stereocenters. The summed E-state index contributed by atoms with van der Waals surface area (Å²) in [6, 6.07) is 46.4. The van der Waals surface area contributed by atoms with Crippen LogP contribution in [0.2, 0.25) is 0 Å². The van der Waals surface area contributed by atoms with E-state index in [1.807, 2.05) is 117 Å². The smallest absolute Gasteiger partial charge is 0.162 e. The molecule has 0 bridgehead atoms. The summed E-state index contributed by atoms with van der Waals surface area (Å²) < 4.78 is 34.7. The average molecular weight is 1680 g/mol. The van der Waals surface area contributed by atoms with Crippen LogP contribution < -0.4 is 28.4 Å². The second kappa shape index (κ2) is 55.5. The minimum absolute atomic E-state index is 0.148. The maximum atomic E-state index is 11.9. The lowest BCUT2D eigenvalue weighted by Gasteiger charge is -2.31. The van der Waals surface area contributed by atoms with Gasteiger partial charge in [-0.2, -0.15) is 0 Å². The minimum Gasteiger partial charge on any atom is -0.491 e. The summed E-state index contributed by atoms with van der Waals surface area (Å²) in [5.41, 5.74) is 1.86. The maximum Gasteiger partial charge on any atom is 0.162 e. The van der Waals surface area contributed by atoms with E-state index in [9.17, 15) is 50.4 Å². The molecule has 6 aromatic carbocycles. The Morgan fingerprint density at radius 1 is 0.281 bits per heavy atom. The van der Waals surface area contributed by atoms with Crippen molar-refractivity contribution in [2.24, 2.45) is 0 Å². The van der Waals surface area contributed by atoms with Crippen molar-refractivity contribution in [3.05, 3.63) is 179 Å². The fraction of sp³-hybridized carbons (Fsp3) is 0.638. The molecule has 0 heterocycles. The Morgan fingerprint density at radius 3 is 0.744 bits per heavy atom. The van der Waals surface area contributed by atoms with Crippen LogP contribution >= 0.6 is 0 Å². The molecule has 6 saturated carbocycles. The number of ketones is 2. The van der Waals surface area contributed by atoms with E-state index >= 15 is 0 Å². The van der Waals surface area contributed by atoms with Crippen LogP contribution in [0.25, 0.3) is 0 Å². The van der Waals surface area contributed by atoms with E-state index in [1.165, 1.54) is 94.6 Å². The largest absolute Gasteiger partial charge is 0.491 e. The SMILES string of the molecule is CCCC(=O)c1cccc(OCC2(O)CCCCC2)c1.CCCC(=O)c1cccc(OCC2(O)CCCCCC2)c1.CCCC(O)c1cccc(OCC2(O)CCCCC2)c1.CCCC(O)c1cccc(OCC2(O)CCCCCC2)c1.CCCCc1cccc(OCC2(O)CCCCC2)c1.CCCCc1cccc(OCC2(O)CCCCCC2)c1. The zero-order valence-electron chi connectivity index (χ0n) is 75.3. The van der Waals surface area contributed by atoms with Gasteiger partial charge in [0.15, 0.2) is 11.6 Å². The molecule has 16 heteroatoms. The third-order valence-electron chi connectivity index (χ3n) is 24.8. The molecule has 0 spiro atoms. The topological polar surface area (TPSA) is 251 Å². The highest BCUT2D eigenvalue weighted by Gasteiger charge is 2.35. The monoisotopic (exact) mass is 1680 g/mol. The molecule has 16 nitrogen and oxygen atoms in total. The second-order valence-electron chi connectivity index (χ2n) is 36.2. The third-order valence-corrected chi connectivity index (χ3v) is 24.8. The number of ether oxygens (including phenoxy) is 6. The van der Waals surface area contributed by atoms with Gasteiger partial charge in [0, 0.05) is 24.0 Å². The van der Waals surface area contributed by atoms with Crippen molar-refractivity contribution < 1.29 is 78.9 Å². The van der Waals surface area contributed by atoms with Crippen molar-refractivity contribution in [2.75, 3.05) is 39.6 Å². The van der Waals surface area contributed by atoms with E-state index in [0.717, 1.165) is 240 Å². The molecule has 2 unspecified atom stereocenters. The number of aryl methyl sites for hydroxylation is 2. The molecule has 8 N–H and O–H groups in total. The van der Waals surface area contributed by atoms with Gasteiger partial charge in [0.2, 0.25) is 0 Å². The predicted octanol–water partition coefficient (Wildman–Crippen LogP) is 24.1. The number of rotatable bonds is 36. The number of Topliss-reactive ketones (excluding diaryl/α,β-unsaturated/α-hetero) is 2. The average Bonchev–Trinajstić information content (AvgIpc) is 1.29. The van der Waals surface area contributed by atoms with Gasteiger partial charge < -0.3 is 69.3 Å². The number of carbonyl (C=O) groups excluding carboxylic acids is 2. The van der Waals surface area contributed by atoms with E-state index in [-0.39, 0.29) is 11.6 Å². The first-order valence-corrected chi connectivity index (χ1v) is 47.6. The molecular weight excluding hydrogens is 1520 g/mol. The number of hydrogen-bond donors (Lipinski definition) is 8. The van der Waals surface area contributed by atoms with Gasteiger partial charge in [0.25, 0.3) is 0 Å². The maximum absolute atomic E-state index is 11.9. The number of aliphatic hydroxyl groups excluding tert-OH is 2. The van der Waals surface area contributed by atoms with Crippen molar-refractivity contribution >= 4 is 11.6 Å². The van der Waals surface area contributed by atoms with Crippen LogP contribution in [0.3, 0.4) is 0 Å².